The predicted octanol–water partition coefficient (Wildman–Crippen LogP) is 8.83. The summed E-state index contributed by atoms with van der Waals surface area (Å²) in [5.41, 5.74) is 2.93. The van der Waals surface area contributed by atoms with E-state index in [9.17, 15) is 14.0 Å². The van der Waals surface area contributed by atoms with Gasteiger partial charge in [-0.25, -0.2) is 14.0 Å². The number of rotatable bonds is 8. The minimum Gasteiger partial charge on any atom is -0.490 e. The zero-order valence-electron chi connectivity index (χ0n) is 26.0. The Morgan fingerprint density at radius 1 is 0.955 bits per heavy atom. The van der Waals surface area contributed by atoms with Crippen molar-refractivity contribution in [2.45, 2.75) is 70.6 Å². The number of halogens is 1. The van der Waals surface area contributed by atoms with Crippen molar-refractivity contribution in [1.29, 1.82) is 0 Å². The Bertz CT molecular complexity index is 1630. The van der Waals surface area contributed by atoms with E-state index in [0.29, 0.717) is 23.9 Å². The van der Waals surface area contributed by atoms with Crippen molar-refractivity contribution in [3.05, 3.63) is 113 Å². The molecule has 44 heavy (non-hydrogen) atoms. The summed E-state index contributed by atoms with van der Waals surface area (Å²) in [4.78, 5) is 27.2. The number of esters is 1. The molecule has 230 valence electrons. The van der Waals surface area contributed by atoms with Crippen molar-refractivity contribution in [3.63, 3.8) is 0 Å². The van der Waals surface area contributed by atoms with Gasteiger partial charge in [0.15, 0.2) is 0 Å². The SMILES string of the molecule is COC(=O)c1ccc(C2CC(CCCN(C(=O)OC(C)(C)C)C(C)c3ccc(F)c4ccccc34)Oc3ccccc32)cc1. The maximum absolute atomic E-state index is 14.6. The van der Waals surface area contributed by atoms with Gasteiger partial charge in [-0.1, -0.05) is 60.7 Å². The highest BCUT2D eigenvalue weighted by Gasteiger charge is 2.31. The molecule has 6 nitrogen and oxygen atoms in total. The number of methoxy groups -OCH3 is 1. The van der Waals surface area contributed by atoms with Crippen molar-refractivity contribution < 1.29 is 28.2 Å². The first-order valence-electron chi connectivity index (χ1n) is 15.2. The number of nitrogens with zero attached hydrogens (tertiary/aromatic N) is 1. The number of fused-ring (bicyclic) bond motifs is 2. The van der Waals surface area contributed by atoms with Crippen LogP contribution in [0.3, 0.4) is 0 Å². The van der Waals surface area contributed by atoms with Crippen molar-refractivity contribution in [2.24, 2.45) is 0 Å². The molecule has 0 saturated carbocycles. The number of carbonyl (C=O) groups is 2. The van der Waals surface area contributed by atoms with E-state index in [1.165, 1.54) is 13.2 Å². The average Bonchev–Trinajstić information content (AvgIpc) is 3.01. The number of hydrogen-bond acceptors (Lipinski definition) is 5. The second kappa shape index (κ2) is 13.1. The van der Waals surface area contributed by atoms with Gasteiger partial charge in [0.2, 0.25) is 0 Å². The lowest BCUT2D eigenvalue weighted by Crippen LogP contribution is -2.39. The van der Waals surface area contributed by atoms with Crippen LogP contribution in [0.1, 0.15) is 86.0 Å². The van der Waals surface area contributed by atoms with Gasteiger partial charge in [0, 0.05) is 23.4 Å². The Balaban J connectivity index is 1.35. The van der Waals surface area contributed by atoms with Gasteiger partial charge in [0.1, 0.15) is 17.2 Å². The second-order valence-electron chi connectivity index (χ2n) is 12.4. The molecule has 1 heterocycles. The second-order valence-corrected chi connectivity index (χ2v) is 12.4. The Hall–Kier alpha value is -4.39. The molecule has 0 fully saturated rings. The number of para-hydroxylation sites is 1. The van der Waals surface area contributed by atoms with Gasteiger partial charge in [-0.2, -0.15) is 0 Å². The zero-order valence-corrected chi connectivity index (χ0v) is 26.0. The van der Waals surface area contributed by atoms with E-state index in [1.807, 2.05) is 76.2 Å². The normalized spacial score (nSPS) is 16.9. The summed E-state index contributed by atoms with van der Waals surface area (Å²) in [5, 5.41) is 1.31. The van der Waals surface area contributed by atoms with Crippen LogP contribution in [0, 0.1) is 5.82 Å². The Kier molecular flexibility index (Phi) is 9.23. The molecule has 0 spiro atoms. The first kappa shape index (κ1) is 31.0. The molecule has 5 rings (SSSR count). The van der Waals surface area contributed by atoms with Gasteiger partial charge in [0.25, 0.3) is 0 Å². The van der Waals surface area contributed by atoms with Crippen LogP contribution in [-0.2, 0) is 9.47 Å². The third kappa shape index (κ3) is 6.88. The number of ether oxygens (including phenoxy) is 3. The Labute approximate surface area is 258 Å². The lowest BCUT2D eigenvalue weighted by Gasteiger charge is -2.35. The third-order valence-corrected chi connectivity index (χ3v) is 8.20. The maximum atomic E-state index is 14.6. The number of carbonyl (C=O) groups excluding carboxylic acids is 2. The first-order valence-corrected chi connectivity index (χ1v) is 15.2. The molecular weight excluding hydrogens is 557 g/mol. The zero-order chi connectivity index (χ0) is 31.4. The number of amides is 1. The summed E-state index contributed by atoms with van der Waals surface area (Å²) < 4.78 is 31.7. The monoisotopic (exact) mass is 597 g/mol. The number of benzene rings is 4. The summed E-state index contributed by atoms with van der Waals surface area (Å²) >= 11 is 0. The summed E-state index contributed by atoms with van der Waals surface area (Å²) in [6, 6.07) is 25.9. The molecule has 1 aliphatic rings. The summed E-state index contributed by atoms with van der Waals surface area (Å²) in [6.45, 7) is 7.97. The van der Waals surface area contributed by atoms with E-state index in [-0.39, 0.29) is 29.9 Å². The van der Waals surface area contributed by atoms with Gasteiger partial charge in [-0.05, 0) is 87.7 Å². The average molecular weight is 598 g/mol. The molecule has 0 saturated heterocycles. The smallest absolute Gasteiger partial charge is 0.410 e. The van der Waals surface area contributed by atoms with Crippen molar-refractivity contribution in [1.82, 2.24) is 4.90 Å². The molecule has 1 aliphatic heterocycles. The molecule has 1 amide bonds. The van der Waals surface area contributed by atoms with Gasteiger partial charge in [-0.3, -0.25) is 0 Å². The van der Waals surface area contributed by atoms with E-state index >= 15 is 0 Å². The van der Waals surface area contributed by atoms with Gasteiger partial charge >= 0.3 is 12.1 Å². The number of hydrogen-bond donors (Lipinski definition) is 0. The predicted molar refractivity (Wildman–Crippen MR) is 170 cm³/mol. The van der Waals surface area contributed by atoms with Crippen LogP contribution in [0.15, 0.2) is 84.9 Å². The van der Waals surface area contributed by atoms with Crippen LogP contribution in [-0.4, -0.2) is 42.3 Å². The van der Waals surface area contributed by atoms with E-state index < -0.39 is 11.7 Å². The van der Waals surface area contributed by atoms with Crippen LogP contribution in [0.25, 0.3) is 10.8 Å². The Morgan fingerprint density at radius 2 is 1.64 bits per heavy atom. The van der Waals surface area contributed by atoms with Gasteiger partial charge in [0.05, 0.1) is 24.8 Å². The molecule has 3 atom stereocenters. The first-order chi connectivity index (χ1) is 21.1. The Morgan fingerprint density at radius 3 is 2.34 bits per heavy atom. The van der Waals surface area contributed by atoms with Crippen molar-refractivity contribution >= 4 is 22.8 Å². The highest BCUT2D eigenvalue weighted by Crippen LogP contribution is 2.41. The van der Waals surface area contributed by atoms with Crippen LogP contribution in [0.5, 0.6) is 5.75 Å². The van der Waals surface area contributed by atoms with Crippen molar-refractivity contribution in [2.75, 3.05) is 13.7 Å². The molecule has 4 aromatic rings. The van der Waals surface area contributed by atoms with Gasteiger partial charge < -0.3 is 19.1 Å². The van der Waals surface area contributed by atoms with E-state index in [1.54, 1.807) is 29.2 Å². The molecule has 4 aromatic carbocycles. The molecule has 0 N–H and O–H groups in total. The molecular formula is C37H40FNO5. The standard InChI is InChI=1S/C37H40FNO5/c1-24(28-20-21-33(38)30-13-7-6-12-29(28)30)39(36(41)44-37(2,3)4)22-10-11-27-23-32(31-14-8-9-15-34(31)43-27)25-16-18-26(19-17-25)35(40)42-5/h6-9,12-21,24,27,32H,10-11,22-23H2,1-5H3. The molecule has 3 unspecified atom stereocenters. The fraction of sp³-hybridized carbons (Fsp3) is 0.351. The van der Waals surface area contributed by atoms with Crippen LogP contribution in [0.2, 0.25) is 0 Å². The minimum absolute atomic E-state index is 0.0716. The van der Waals surface area contributed by atoms with E-state index in [0.717, 1.165) is 40.7 Å². The highest BCUT2D eigenvalue weighted by molar-refractivity contribution is 5.89. The molecule has 0 bridgehead atoms. The largest absolute Gasteiger partial charge is 0.490 e. The topological polar surface area (TPSA) is 65.1 Å². The summed E-state index contributed by atoms with van der Waals surface area (Å²) in [6.07, 6.45) is 1.69. The highest BCUT2D eigenvalue weighted by atomic mass is 19.1. The maximum Gasteiger partial charge on any atom is 0.410 e. The molecule has 0 aliphatic carbocycles. The molecule has 0 radical (unpaired) electrons. The van der Waals surface area contributed by atoms with Crippen LogP contribution in [0.4, 0.5) is 9.18 Å². The van der Waals surface area contributed by atoms with Crippen molar-refractivity contribution in [3.8, 4) is 5.75 Å². The van der Waals surface area contributed by atoms with Crippen LogP contribution < -0.4 is 4.74 Å². The molecule has 7 heteroatoms. The fourth-order valence-electron chi connectivity index (χ4n) is 6.03. The summed E-state index contributed by atoms with van der Waals surface area (Å²) in [5.74, 6) is 0.299. The van der Waals surface area contributed by atoms with E-state index in [2.05, 4.69) is 6.07 Å². The third-order valence-electron chi connectivity index (χ3n) is 8.20. The fourth-order valence-corrected chi connectivity index (χ4v) is 6.03. The lowest BCUT2D eigenvalue weighted by atomic mass is 9.83. The van der Waals surface area contributed by atoms with Gasteiger partial charge in [-0.15, -0.1) is 0 Å². The summed E-state index contributed by atoms with van der Waals surface area (Å²) in [7, 11) is 1.38. The van der Waals surface area contributed by atoms with Crippen LogP contribution >= 0.6 is 0 Å². The lowest BCUT2D eigenvalue weighted by molar-refractivity contribution is 0.0162. The minimum atomic E-state index is -0.660. The van der Waals surface area contributed by atoms with E-state index in [4.69, 9.17) is 14.2 Å². The molecule has 0 aromatic heterocycles. The quantitative estimate of drug-likeness (QED) is 0.190.